The van der Waals surface area contributed by atoms with E-state index in [-0.39, 0.29) is 0 Å². The first-order valence-electron chi connectivity index (χ1n) is 7.07. The molecule has 1 atom stereocenters. The highest BCUT2D eigenvalue weighted by atomic mass is 16.6. The van der Waals surface area contributed by atoms with Crippen LogP contribution in [-0.4, -0.2) is 30.6 Å². The summed E-state index contributed by atoms with van der Waals surface area (Å²) >= 11 is 0. The highest BCUT2D eigenvalue weighted by Crippen LogP contribution is 2.26. The smallest absolute Gasteiger partial charge is 0.408 e. The zero-order chi connectivity index (χ0) is 15.5. The molecule has 5 nitrogen and oxygen atoms in total. The lowest BCUT2D eigenvalue weighted by Gasteiger charge is -2.21. The predicted molar refractivity (Wildman–Crippen MR) is 78.6 cm³/mol. The van der Waals surface area contributed by atoms with Crippen molar-refractivity contribution in [2.45, 2.75) is 45.3 Å². The van der Waals surface area contributed by atoms with E-state index in [9.17, 15) is 9.59 Å². The van der Waals surface area contributed by atoms with Crippen LogP contribution >= 0.6 is 0 Å². The predicted octanol–water partition coefficient (Wildman–Crippen LogP) is 2.26. The van der Waals surface area contributed by atoms with E-state index in [0.29, 0.717) is 13.0 Å². The Morgan fingerprint density at radius 3 is 2.90 bits per heavy atom. The zero-order valence-corrected chi connectivity index (χ0v) is 12.6. The molecule has 0 aromatic heterocycles. The Morgan fingerprint density at radius 2 is 2.24 bits per heavy atom. The summed E-state index contributed by atoms with van der Waals surface area (Å²) < 4.78 is 10.6. The second-order valence-electron chi connectivity index (χ2n) is 6.13. The number of amides is 1. The molecule has 21 heavy (non-hydrogen) atoms. The quantitative estimate of drug-likeness (QED) is 0.864. The minimum atomic E-state index is -0.612. The summed E-state index contributed by atoms with van der Waals surface area (Å²) in [6.07, 6.45) is 1.47. The summed E-state index contributed by atoms with van der Waals surface area (Å²) in [6, 6.07) is 5.28. The second-order valence-corrected chi connectivity index (χ2v) is 6.13. The molecule has 1 aliphatic rings. The molecule has 1 unspecified atom stereocenters. The first kappa shape index (κ1) is 15.4. The maximum Gasteiger partial charge on any atom is 0.408 e. The van der Waals surface area contributed by atoms with Crippen molar-refractivity contribution in [1.82, 2.24) is 5.32 Å². The SMILES string of the molecule is CC(C)(C)OC(=O)NC(C=O)Cc1ccc2c(c1)OCC2. The number of alkyl carbamates (subject to hydrolysis) is 1. The van der Waals surface area contributed by atoms with Crippen LogP contribution < -0.4 is 10.1 Å². The molecule has 1 aromatic carbocycles. The van der Waals surface area contributed by atoms with Gasteiger partial charge in [-0.25, -0.2) is 4.79 Å². The Bertz CT molecular complexity index is 534. The first-order valence-corrected chi connectivity index (χ1v) is 7.07. The number of nitrogens with one attached hydrogen (secondary N) is 1. The summed E-state index contributed by atoms with van der Waals surface area (Å²) in [4.78, 5) is 22.8. The van der Waals surface area contributed by atoms with Crippen molar-refractivity contribution in [3.63, 3.8) is 0 Å². The van der Waals surface area contributed by atoms with Gasteiger partial charge in [0.1, 0.15) is 17.6 Å². The molecule has 0 bridgehead atoms. The van der Waals surface area contributed by atoms with Gasteiger partial charge in [0.05, 0.1) is 12.6 Å². The third kappa shape index (κ3) is 4.48. The highest BCUT2D eigenvalue weighted by molar-refractivity contribution is 5.73. The van der Waals surface area contributed by atoms with Crippen LogP contribution in [0, 0.1) is 0 Å². The summed E-state index contributed by atoms with van der Waals surface area (Å²) in [6.45, 7) is 6.03. The van der Waals surface area contributed by atoms with E-state index in [1.165, 1.54) is 5.56 Å². The summed E-state index contributed by atoms with van der Waals surface area (Å²) in [5, 5.41) is 2.57. The molecule has 0 saturated heterocycles. The van der Waals surface area contributed by atoms with Gasteiger partial charge in [0.2, 0.25) is 0 Å². The van der Waals surface area contributed by atoms with Crippen molar-refractivity contribution >= 4 is 12.4 Å². The molecule has 0 aliphatic carbocycles. The molecule has 1 heterocycles. The van der Waals surface area contributed by atoms with Crippen LogP contribution in [0.1, 0.15) is 31.9 Å². The van der Waals surface area contributed by atoms with Crippen LogP contribution in [0.15, 0.2) is 18.2 Å². The van der Waals surface area contributed by atoms with Gasteiger partial charge in [-0.3, -0.25) is 0 Å². The van der Waals surface area contributed by atoms with Crippen LogP contribution in [0.3, 0.4) is 0 Å². The van der Waals surface area contributed by atoms with Crippen molar-refractivity contribution in [3.8, 4) is 5.75 Å². The molecular weight excluding hydrogens is 270 g/mol. The van der Waals surface area contributed by atoms with Crippen LogP contribution in [-0.2, 0) is 22.4 Å². The average Bonchev–Trinajstić information content (AvgIpc) is 2.83. The molecule has 1 amide bonds. The topological polar surface area (TPSA) is 64.6 Å². The van der Waals surface area contributed by atoms with Gasteiger partial charge in [0.15, 0.2) is 0 Å². The second kappa shape index (κ2) is 6.16. The molecule has 0 fully saturated rings. The van der Waals surface area contributed by atoms with Crippen LogP contribution in [0.25, 0.3) is 0 Å². The number of rotatable bonds is 4. The molecular formula is C16H21NO4. The minimum absolute atomic E-state index is 0.416. The van der Waals surface area contributed by atoms with Crippen molar-refractivity contribution in [2.24, 2.45) is 0 Å². The lowest BCUT2D eigenvalue weighted by Crippen LogP contribution is -2.41. The van der Waals surface area contributed by atoms with E-state index < -0.39 is 17.7 Å². The standard InChI is InChI=1S/C16H21NO4/c1-16(2,3)21-15(19)17-13(10-18)8-11-4-5-12-6-7-20-14(12)9-11/h4-5,9-10,13H,6-8H2,1-3H3,(H,17,19). The number of ether oxygens (including phenoxy) is 2. The maximum atomic E-state index is 11.7. The maximum absolute atomic E-state index is 11.7. The third-order valence-corrected chi connectivity index (χ3v) is 3.08. The van der Waals surface area contributed by atoms with Gasteiger partial charge in [-0.15, -0.1) is 0 Å². The minimum Gasteiger partial charge on any atom is -0.493 e. The fourth-order valence-electron chi connectivity index (χ4n) is 2.18. The lowest BCUT2D eigenvalue weighted by molar-refractivity contribution is -0.109. The lowest BCUT2D eigenvalue weighted by atomic mass is 10.0. The molecule has 0 saturated carbocycles. The van der Waals surface area contributed by atoms with Gasteiger partial charge in [-0.05, 0) is 44.4 Å². The Kier molecular flexibility index (Phi) is 4.50. The summed E-state index contributed by atoms with van der Waals surface area (Å²) in [5.74, 6) is 0.870. The van der Waals surface area contributed by atoms with Crippen molar-refractivity contribution in [2.75, 3.05) is 6.61 Å². The Morgan fingerprint density at radius 1 is 1.48 bits per heavy atom. The van der Waals surface area contributed by atoms with E-state index in [1.54, 1.807) is 20.8 Å². The van der Waals surface area contributed by atoms with E-state index in [2.05, 4.69) is 5.32 Å². The zero-order valence-electron chi connectivity index (χ0n) is 12.6. The number of carbonyl (C=O) groups is 2. The molecule has 114 valence electrons. The molecule has 2 rings (SSSR count). The van der Waals surface area contributed by atoms with E-state index in [0.717, 1.165) is 24.0 Å². The fourth-order valence-corrected chi connectivity index (χ4v) is 2.18. The van der Waals surface area contributed by atoms with E-state index in [1.807, 2.05) is 18.2 Å². The third-order valence-electron chi connectivity index (χ3n) is 3.08. The van der Waals surface area contributed by atoms with Gasteiger partial charge >= 0.3 is 6.09 Å². The van der Waals surface area contributed by atoms with Gasteiger partial charge in [0.25, 0.3) is 0 Å². The van der Waals surface area contributed by atoms with Crippen molar-refractivity contribution < 1.29 is 19.1 Å². The Hall–Kier alpha value is -2.04. The summed E-state index contributed by atoms with van der Waals surface area (Å²) in [5.41, 5.74) is 1.55. The van der Waals surface area contributed by atoms with Gasteiger partial charge in [-0.2, -0.15) is 0 Å². The monoisotopic (exact) mass is 291 g/mol. The van der Waals surface area contributed by atoms with Crippen molar-refractivity contribution in [1.29, 1.82) is 0 Å². The number of aldehydes is 1. The van der Waals surface area contributed by atoms with Gasteiger partial charge in [-0.1, -0.05) is 12.1 Å². The molecule has 0 radical (unpaired) electrons. The first-order chi connectivity index (χ1) is 9.87. The number of hydrogen-bond donors (Lipinski definition) is 1. The van der Waals surface area contributed by atoms with Crippen molar-refractivity contribution in [3.05, 3.63) is 29.3 Å². The molecule has 0 spiro atoms. The fraction of sp³-hybridized carbons (Fsp3) is 0.500. The molecule has 1 aromatic rings. The van der Waals surface area contributed by atoms with Crippen LogP contribution in [0.2, 0.25) is 0 Å². The van der Waals surface area contributed by atoms with E-state index >= 15 is 0 Å². The highest BCUT2D eigenvalue weighted by Gasteiger charge is 2.20. The normalized spacial score (nSPS) is 14.8. The number of carbonyl (C=O) groups excluding carboxylic acids is 2. The molecule has 1 N–H and O–H groups in total. The van der Waals surface area contributed by atoms with E-state index in [4.69, 9.17) is 9.47 Å². The van der Waals surface area contributed by atoms with Crippen LogP contribution in [0.5, 0.6) is 5.75 Å². The number of hydrogen-bond acceptors (Lipinski definition) is 4. The van der Waals surface area contributed by atoms with Gasteiger partial charge in [0, 0.05) is 6.42 Å². The molecule has 5 heteroatoms. The summed E-state index contributed by atoms with van der Waals surface area (Å²) in [7, 11) is 0. The number of benzene rings is 1. The Balaban J connectivity index is 1.96. The number of fused-ring (bicyclic) bond motifs is 1. The Labute approximate surface area is 124 Å². The largest absolute Gasteiger partial charge is 0.493 e. The molecule has 1 aliphatic heterocycles. The van der Waals surface area contributed by atoms with Gasteiger partial charge < -0.3 is 19.6 Å². The van der Waals surface area contributed by atoms with Crippen LogP contribution in [0.4, 0.5) is 4.79 Å². The average molecular weight is 291 g/mol.